The van der Waals surface area contributed by atoms with Gasteiger partial charge in [0.05, 0.1) is 9.90 Å². The van der Waals surface area contributed by atoms with Gasteiger partial charge in [-0.1, -0.05) is 30.7 Å². The van der Waals surface area contributed by atoms with Crippen molar-refractivity contribution in [1.29, 1.82) is 0 Å². The van der Waals surface area contributed by atoms with Gasteiger partial charge in [-0.3, -0.25) is 4.79 Å². The molecule has 1 nitrogen and oxygen atoms in total. The van der Waals surface area contributed by atoms with Gasteiger partial charge in [0.2, 0.25) is 5.78 Å². The fraction of sp³-hybridized carbons (Fsp3) is 0.154. The summed E-state index contributed by atoms with van der Waals surface area (Å²) in [5.41, 5.74) is 0.577. The molecule has 2 aromatic rings. The third kappa shape index (κ3) is 2.18. The zero-order chi connectivity index (χ0) is 11.5. The normalized spacial score (nSPS) is 10.4. The maximum absolute atomic E-state index is 12.1. The molecule has 16 heavy (non-hydrogen) atoms. The highest BCUT2D eigenvalue weighted by Crippen LogP contribution is 2.24. The Morgan fingerprint density at radius 2 is 2.00 bits per heavy atom. The molecule has 0 saturated carbocycles. The monoisotopic (exact) mass is 250 g/mol. The molecule has 1 heterocycles. The summed E-state index contributed by atoms with van der Waals surface area (Å²) in [5.74, 6) is 0.00954. The highest BCUT2D eigenvalue weighted by atomic mass is 35.5. The number of ketones is 1. The molecule has 1 aromatic carbocycles. The standard InChI is InChI=1S/C13H11ClOS/c1-2-9-7-8-12(16-9)13(15)10-5-3-4-6-11(10)14/h3-8H,2H2,1H3. The van der Waals surface area contributed by atoms with E-state index >= 15 is 0 Å². The van der Waals surface area contributed by atoms with Crippen molar-refractivity contribution in [3.63, 3.8) is 0 Å². The molecule has 0 amide bonds. The number of carbonyl (C=O) groups is 1. The molecule has 82 valence electrons. The molecule has 0 fully saturated rings. The van der Waals surface area contributed by atoms with Gasteiger partial charge in [-0.25, -0.2) is 0 Å². The largest absolute Gasteiger partial charge is 0.288 e. The summed E-state index contributed by atoms with van der Waals surface area (Å²) in [6, 6.07) is 11.0. The molecule has 1 aromatic heterocycles. The van der Waals surface area contributed by atoms with Crippen LogP contribution in [0, 0.1) is 0 Å². The lowest BCUT2D eigenvalue weighted by Gasteiger charge is -2.00. The molecule has 0 saturated heterocycles. The number of thiophene rings is 1. The molecule has 0 spiro atoms. The Morgan fingerprint density at radius 1 is 1.25 bits per heavy atom. The van der Waals surface area contributed by atoms with Crippen molar-refractivity contribution in [2.45, 2.75) is 13.3 Å². The second-order valence-electron chi connectivity index (χ2n) is 3.43. The Kier molecular flexibility index (Phi) is 3.42. The Balaban J connectivity index is 2.35. The van der Waals surface area contributed by atoms with E-state index in [1.165, 1.54) is 16.2 Å². The zero-order valence-electron chi connectivity index (χ0n) is 8.87. The van der Waals surface area contributed by atoms with E-state index in [0.29, 0.717) is 10.6 Å². The van der Waals surface area contributed by atoms with Crippen molar-refractivity contribution in [3.05, 3.63) is 56.7 Å². The fourth-order valence-electron chi connectivity index (χ4n) is 1.47. The number of benzene rings is 1. The second kappa shape index (κ2) is 4.81. The first-order chi connectivity index (χ1) is 7.72. The molecule has 3 heteroatoms. The minimum atomic E-state index is 0.00954. The Hall–Kier alpha value is -1.12. The Bertz CT molecular complexity index is 516. The van der Waals surface area contributed by atoms with Gasteiger partial charge in [-0.15, -0.1) is 11.3 Å². The van der Waals surface area contributed by atoms with Crippen LogP contribution in [-0.2, 0) is 6.42 Å². The summed E-state index contributed by atoms with van der Waals surface area (Å²) in [6.45, 7) is 2.08. The number of halogens is 1. The smallest absolute Gasteiger partial charge is 0.204 e. The number of hydrogen-bond acceptors (Lipinski definition) is 2. The van der Waals surface area contributed by atoms with Crippen LogP contribution < -0.4 is 0 Å². The van der Waals surface area contributed by atoms with Crippen molar-refractivity contribution in [3.8, 4) is 0 Å². The van der Waals surface area contributed by atoms with E-state index in [2.05, 4.69) is 6.92 Å². The van der Waals surface area contributed by atoms with Crippen LogP contribution in [0.4, 0.5) is 0 Å². The molecular weight excluding hydrogens is 240 g/mol. The SMILES string of the molecule is CCc1ccc(C(=O)c2ccccc2Cl)s1. The Labute approximate surface area is 104 Å². The van der Waals surface area contributed by atoms with Crippen molar-refractivity contribution < 1.29 is 4.79 Å². The topological polar surface area (TPSA) is 17.1 Å². The predicted octanol–water partition coefficient (Wildman–Crippen LogP) is 4.19. The lowest BCUT2D eigenvalue weighted by molar-refractivity contribution is 0.104. The first-order valence-electron chi connectivity index (χ1n) is 5.10. The van der Waals surface area contributed by atoms with Gasteiger partial charge in [-0.05, 0) is 30.7 Å². The average Bonchev–Trinajstić information content (AvgIpc) is 2.77. The van der Waals surface area contributed by atoms with E-state index in [1.54, 1.807) is 12.1 Å². The van der Waals surface area contributed by atoms with Crippen molar-refractivity contribution in [1.82, 2.24) is 0 Å². The third-order valence-corrected chi connectivity index (χ3v) is 3.91. The summed E-state index contributed by atoms with van der Waals surface area (Å²) in [4.78, 5) is 14.1. The number of aryl methyl sites for hydroxylation is 1. The zero-order valence-corrected chi connectivity index (χ0v) is 10.4. The summed E-state index contributed by atoms with van der Waals surface area (Å²) in [7, 11) is 0. The highest BCUT2D eigenvalue weighted by Gasteiger charge is 2.13. The molecule has 0 aliphatic carbocycles. The first kappa shape index (κ1) is 11.4. The van der Waals surface area contributed by atoms with Crippen molar-refractivity contribution in [2.24, 2.45) is 0 Å². The summed E-state index contributed by atoms with van der Waals surface area (Å²) < 4.78 is 0. The molecular formula is C13H11ClOS. The van der Waals surface area contributed by atoms with Crippen LogP contribution in [0.15, 0.2) is 36.4 Å². The van der Waals surface area contributed by atoms with Crippen LogP contribution >= 0.6 is 22.9 Å². The van der Waals surface area contributed by atoms with Gasteiger partial charge >= 0.3 is 0 Å². The van der Waals surface area contributed by atoms with Gasteiger partial charge in [0.25, 0.3) is 0 Å². The van der Waals surface area contributed by atoms with E-state index in [1.807, 2.05) is 24.3 Å². The Morgan fingerprint density at radius 3 is 2.62 bits per heavy atom. The summed E-state index contributed by atoms with van der Waals surface area (Å²) in [6.07, 6.45) is 0.959. The summed E-state index contributed by atoms with van der Waals surface area (Å²) >= 11 is 7.53. The first-order valence-corrected chi connectivity index (χ1v) is 6.29. The third-order valence-electron chi connectivity index (χ3n) is 2.35. The van der Waals surface area contributed by atoms with E-state index < -0.39 is 0 Å². The molecule has 2 rings (SSSR count). The maximum Gasteiger partial charge on any atom is 0.204 e. The van der Waals surface area contributed by atoms with Gasteiger partial charge in [0, 0.05) is 10.4 Å². The fourth-order valence-corrected chi connectivity index (χ4v) is 2.59. The van der Waals surface area contributed by atoms with Crippen LogP contribution in [0.3, 0.4) is 0 Å². The van der Waals surface area contributed by atoms with Gasteiger partial charge in [0.15, 0.2) is 0 Å². The number of carbonyl (C=O) groups excluding carboxylic acids is 1. The second-order valence-corrected chi connectivity index (χ2v) is 5.00. The van der Waals surface area contributed by atoms with Crippen LogP contribution in [0.25, 0.3) is 0 Å². The highest BCUT2D eigenvalue weighted by molar-refractivity contribution is 7.14. The van der Waals surface area contributed by atoms with Crippen LogP contribution in [0.5, 0.6) is 0 Å². The minimum Gasteiger partial charge on any atom is -0.288 e. The van der Waals surface area contributed by atoms with Crippen LogP contribution in [-0.4, -0.2) is 5.78 Å². The van der Waals surface area contributed by atoms with Crippen LogP contribution in [0.2, 0.25) is 5.02 Å². The molecule has 0 aliphatic heterocycles. The van der Waals surface area contributed by atoms with E-state index in [4.69, 9.17) is 11.6 Å². The maximum atomic E-state index is 12.1. The molecule has 0 N–H and O–H groups in total. The van der Waals surface area contributed by atoms with E-state index in [9.17, 15) is 4.79 Å². The summed E-state index contributed by atoms with van der Waals surface area (Å²) in [5, 5.41) is 0.513. The molecule has 0 atom stereocenters. The molecule has 0 bridgehead atoms. The van der Waals surface area contributed by atoms with Gasteiger partial charge in [0.1, 0.15) is 0 Å². The quantitative estimate of drug-likeness (QED) is 0.747. The molecule has 0 aliphatic rings. The van der Waals surface area contributed by atoms with Gasteiger partial charge < -0.3 is 0 Å². The van der Waals surface area contributed by atoms with Gasteiger partial charge in [-0.2, -0.15) is 0 Å². The predicted molar refractivity (Wildman–Crippen MR) is 68.6 cm³/mol. The molecule has 0 radical (unpaired) electrons. The molecule has 0 unspecified atom stereocenters. The minimum absolute atomic E-state index is 0.00954. The number of hydrogen-bond donors (Lipinski definition) is 0. The lowest BCUT2D eigenvalue weighted by atomic mass is 10.1. The lowest BCUT2D eigenvalue weighted by Crippen LogP contribution is -1.98. The van der Waals surface area contributed by atoms with Crippen molar-refractivity contribution in [2.75, 3.05) is 0 Å². The number of rotatable bonds is 3. The average molecular weight is 251 g/mol. The van der Waals surface area contributed by atoms with E-state index in [-0.39, 0.29) is 5.78 Å². The van der Waals surface area contributed by atoms with E-state index in [0.717, 1.165) is 11.3 Å². The van der Waals surface area contributed by atoms with Crippen LogP contribution in [0.1, 0.15) is 27.0 Å². The van der Waals surface area contributed by atoms with Crippen molar-refractivity contribution >= 4 is 28.7 Å².